The average molecular weight is 411 g/mol. The number of aryl methyl sites for hydroxylation is 5. The molecule has 4 rings (SSSR count). The Balaban J connectivity index is 1.81. The van der Waals surface area contributed by atoms with Gasteiger partial charge in [-0.2, -0.15) is 0 Å². The molecule has 5 heteroatoms. The van der Waals surface area contributed by atoms with E-state index in [1.165, 1.54) is 5.56 Å². The number of carbonyl (C=O) groups excluding carboxylic acids is 1. The molecular formula is C26H26N4O. The van der Waals surface area contributed by atoms with Gasteiger partial charge in [-0.3, -0.25) is 4.79 Å². The lowest BCUT2D eigenvalue weighted by Crippen LogP contribution is -2.15. The van der Waals surface area contributed by atoms with Gasteiger partial charge in [-0.25, -0.2) is 9.67 Å². The Morgan fingerprint density at radius 3 is 2.26 bits per heavy atom. The highest BCUT2D eigenvalue weighted by Crippen LogP contribution is 2.25. The van der Waals surface area contributed by atoms with Crippen LogP contribution in [0.5, 0.6) is 0 Å². The Bertz CT molecular complexity index is 1290. The van der Waals surface area contributed by atoms with Crippen molar-refractivity contribution in [2.24, 2.45) is 0 Å². The molecule has 0 fully saturated rings. The molecule has 5 nitrogen and oxygen atoms in total. The van der Waals surface area contributed by atoms with Crippen LogP contribution in [0.3, 0.4) is 0 Å². The number of aromatic nitrogens is 3. The number of nitrogens with zero attached hydrogens (tertiary/aromatic N) is 3. The SMILES string of the molecule is Cc1cccc(-c2nc(C(=O)Nc3cc(C)ccc3C)nn2-c2ccc(C)cc2C)c1. The highest BCUT2D eigenvalue weighted by atomic mass is 16.2. The minimum Gasteiger partial charge on any atom is -0.319 e. The Morgan fingerprint density at radius 2 is 1.52 bits per heavy atom. The summed E-state index contributed by atoms with van der Waals surface area (Å²) in [6, 6.07) is 20.2. The highest BCUT2D eigenvalue weighted by Gasteiger charge is 2.20. The predicted molar refractivity (Wildman–Crippen MR) is 125 cm³/mol. The molecule has 0 radical (unpaired) electrons. The van der Waals surface area contributed by atoms with Gasteiger partial charge in [-0.15, -0.1) is 5.10 Å². The van der Waals surface area contributed by atoms with E-state index in [9.17, 15) is 4.79 Å². The fourth-order valence-corrected chi connectivity index (χ4v) is 3.64. The van der Waals surface area contributed by atoms with Gasteiger partial charge in [0.2, 0.25) is 5.82 Å². The van der Waals surface area contributed by atoms with Crippen LogP contribution in [0.2, 0.25) is 0 Å². The topological polar surface area (TPSA) is 59.8 Å². The molecule has 1 N–H and O–H groups in total. The zero-order chi connectivity index (χ0) is 22.1. The van der Waals surface area contributed by atoms with E-state index in [1.807, 2.05) is 76.2 Å². The number of nitrogens with one attached hydrogen (secondary N) is 1. The number of amides is 1. The van der Waals surface area contributed by atoms with Crippen molar-refractivity contribution in [2.75, 3.05) is 5.32 Å². The Labute approximate surface area is 182 Å². The second-order valence-electron chi connectivity index (χ2n) is 8.10. The maximum Gasteiger partial charge on any atom is 0.295 e. The largest absolute Gasteiger partial charge is 0.319 e. The molecule has 0 atom stereocenters. The first-order valence-electron chi connectivity index (χ1n) is 10.3. The average Bonchev–Trinajstić information content (AvgIpc) is 3.16. The van der Waals surface area contributed by atoms with Crippen LogP contribution in [0.1, 0.15) is 38.4 Å². The highest BCUT2D eigenvalue weighted by molar-refractivity contribution is 6.02. The van der Waals surface area contributed by atoms with Crippen molar-refractivity contribution < 1.29 is 4.79 Å². The number of carbonyl (C=O) groups is 1. The molecule has 1 amide bonds. The third kappa shape index (κ3) is 4.26. The van der Waals surface area contributed by atoms with Crippen LogP contribution in [0.25, 0.3) is 17.1 Å². The molecule has 0 unspecified atom stereocenters. The van der Waals surface area contributed by atoms with Crippen LogP contribution in [-0.4, -0.2) is 20.7 Å². The fraction of sp³-hybridized carbons (Fsp3) is 0.192. The van der Waals surface area contributed by atoms with Gasteiger partial charge >= 0.3 is 0 Å². The van der Waals surface area contributed by atoms with Gasteiger partial charge in [-0.1, -0.05) is 53.6 Å². The molecule has 0 saturated heterocycles. The van der Waals surface area contributed by atoms with Crippen LogP contribution >= 0.6 is 0 Å². The second kappa shape index (κ2) is 8.19. The summed E-state index contributed by atoms with van der Waals surface area (Å²) in [5, 5.41) is 7.59. The fourth-order valence-electron chi connectivity index (χ4n) is 3.64. The van der Waals surface area contributed by atoms with Crippen LogP contribution in [0.4, 0.5) is 5.69 Å². The summed E-state index contributed by atoms with van der Waals surface area (Å²) in [5.41, 5.74) is 8.02. The van der Waals surface area contributed by atoms with Gasteiger partial charge in [0.15, 0.2) is 5.82 Å². The normalized spacial score (nSPS) is 10.9. The van der Waals surface area contributed by atoms with Gasteiger partial charge in [0.1, 0.15) is 0 Å². The van der Waals surface area contributed by atoms with E-state index in [-0.39, 0.29) is 11.7 Å². The molecule has 156 valence electrons. The van der Waals surface area contributed by atoms with E-state index in [0.717, 1.165) is 39.2 Å². The first-order valence-corrected chi connectivity index (χ1v) is 10.3. The quantitative estimate of drug-likeness (QED) is 0.467. The van der Waals surface area contributed by atoms with Crippen LogP contribution in [-0.2, 0) is 0 Å². The van der Waals surface area contributed by atoms with Crippen LogP contribution < -0.4 is 5.32 Å². The minimum atomic E-state index is -0.328. The van der Waals surface area contributed by atoms with Crippen molar-refractivity contribution >= 4 is 11.6 Å². The number of anilines is 1. The maximum atomic E-state index is 13.1. The lowest BCUT2D eigenvalue weighted by atomic mass is 10.1. The Morgan fingerprint density at radius 1 is 0.806 bits per heavy atom. The smallest absolute Gasteiger partial charge is 0.295 e. The Kier molecular flexibility index (Phi) is 5.42. The van der Waals surface area contributed by atoms with E-state index in [1.54, 1.807) is 4.68 Å². The van der Waals surface area contributed by atoms with Crippen LogP contribution in [0.15, 0.2) is 60.7 Å². The summed E-state index contributed by atoms with van der Waals surface area (Å²) >= 11 is 0. The van der Waals surface area contributed by atoms with Gasteiger partial charge < -0.3 is 5.32 Å². The molecule has 3 aromatic carbocycles. The summed E-state index contributed by atoms with van der Waals surface area (Å²) < 4.78 is 1.77. The van der Waals surface area contributed by atoms with Gasteiger partial charge in [0.25, 0.3) is 5.91 Å². The first-order chi connectivity index (χ1) is 14.8. The minimum absolute atomic E-state index is 0.136. The maximum absolute atomic E-state index is 13.1. The summed E-state index contributed by atoms with van der Waals surface area (Å²) in [6.45, 7) is 10.1. The monoisotopic (exact) mass is 410 g/mol. The zero-order valence-corrected chi connectivity index (χ0v) is 18.5. The second-order valence-corrected chi connectivity index (χ2v) is 8.10. The molecule has 0 saturated carbocycles. The molecule has 4 aromatic rings. The summed E-state index contributed by atoms with van der Waals surface area (Å²) in [7, 11) is 0. The first kappa shape index (κ1) is 20.5. The number of benzene rings is 3. The summed E-state index contributed by atoms with van der Waals surface area (Å²) in [4.78, 5) is 17.7. The van der Waals surface area contributed by atoms with Crippen LogP contribution in [0, 0.1) is 34.6 Å². The van der Waals surface area contributed by atoms with E-state index in [0.29, 0.717) is 5.82 Å². The molecule has 0 spiro atoms. The molecule has 0 aliphatic carbocycles. The zero-order valence-electron chi connectivity index (χ0n) is 18.5. The van der Waals surface area contributed by atoms with E-state index in [4.69, 9.17) is 0 Å². The third-order valence-corrected chi connectivity index (χ3v) is 5.31. The third-order valence-electron chi connectivity index (χ3n) is 5.31. The summed E-state index contributed by atoms with van der Waals surface area (Å²) in [5.74, 6) is 0.449. The van der Waals surface area contributed by atoms with Gasteiger partial charge in [0.05, 0.1) is 5.69 Å². The molecule has 0 aliphatic rings. The van der Waals surface area contributed by atoms with E-state index in [2.05, 4.69) is 34.5 Å². The number of hydrogen-bond acceptors (Lipinski definition) is 3. The van der Waals surface area contributed by atoms with E-state index >= 15 is 0 Å². The predicted octanol–water partition coefficient (Wildman–Crippen LogP) is 5.73. The molecule has 1 aromatic heterocycles. The van der Waals surface area contributed by atoms with Gasteiger partial charge in [-0.05, 0) is 69.5 Å². The van der Waals surface area contributed by atoms with Crippen molar-refractivity contribution in [1.82, 2.24) is 14.8 Å². The molecule has 0 bridgehead atoms. The van der Waals surface area contributed by atoms with Crippen molar-refractivity contribution in [2.45, 2.75) is 34.6 Å². The number of hydrogen-bond donors (Lipinski definition) is 1. The molecule has 0 aliphatic heterocycles. The van der Waals surface area contributed by atoms with E-state index < -0.39 is 0 Å². The number of rotatable bonds is 4. The molecule has 31 heavy (non-hydrogen) atoms. The van der Waals surface area contributed by atoms with Crippen molar-refractivity contribution in [3.05, 3.63) is 94.3 Å². The Hall–Kier alpha value is -3.73. The van der Waals surface area contributed by atoms with Crippen molar-refractivity contribution in [1.29, 1.82) is 0 Å². The lowest BCUT2D eigenvalue weighted by molar-refractivity contribution is 0.101. The lowest BCUT2D eigenvalue weighted by Gasteiger charge is -2.10. The standard InChI is InChI=1S/C26H26N4O/c1-16-7-6-8-21(14-16)25-28-24(26(31)27-22-15-18(3)9-11-19(22)4)29-30(25)23-12-10-17(2)13-20(23)5/h6-15H,1-5H3,(H,27,31). The van der Waals surface area contributed by atoms with Crippen molar-refractivity contribution in [3.8, 4) is 17.1 Å². The van der Waals surface area contributed by atoms with Crippen molar-refractivity contribution in [3.63, 3.8) is 0 Å². The van der Waals surface area contributed by atoms with Gasteiger partial charge in [0, 0.05) is 11.3 Å². The molecule has 1 heterocycles. The summed E-state index contributed by atoms with van der Waals surface area (Å²) in [6.07, 6.45) is 0. The molecular weight excluding hydrogens is 384 g/mol.